The van der Waals surface area contributed by atoms with Gasteiger partial charge >= 0.3 is 5.97 Å². The van der Waals surface area contributed by atoms with Crippen molar-refractivity contribution in [3.8, 4) is 11.5 Å². The molecule has 138 valence electrons. The number of hydrogen-bond donors (Lipinski definition) is 1. The lowest BCUT2D eigenvalue weighted by Gasteiger charge is -2.14. The first-order chi connectivity index (χ1) is 12.4. The summed E-state index contributed by atoms with van der Waals surface area (Å²) >= 11 is 0. The van der Waals surface area contributed by atoms with Crippen LogP contribution in [0.4, 0.5) is 5.69 Å². The maximum atomic E-state index is 12.2. The number of para-hydroxylation sites is 1. The van der Waals surface area contributed by atoms with Crippen molar-refractivity contribution in [2.75, 3.05) is 19.0 Å². The zero-order chi connectivity index (χ0) is 19.1. The Morgan fingerprint density at radius 3 is 2.46 bits per heavy atom. The van der Waals surface area contributed by atoms with Crippen LogP contribution in [0.3, 0.4) is 0 Å². The lowest BCUT2D eigenvalue weighted by molar-refractivity contribution is -0.119. The van der Waals surface area contributed by atoms with Crippen LogP contribution in [0.2, 0.25) is 0 Å². The number of benzene rings is 2. The van der Waals surface area contributed by atoms with Crippen LogP contribution >= 0.6 is 0 Å². The van der Waals surface area contributed by atoms with Crippen molar-refractivity contribution in [1.29, 1.82) is 0 Å². The van der Waals surface area contributed by atoms with E-state index in [1.165, 1.54) is 13.2 Å². The summed E-state index contributed by atoms with van der Waals surface area (Å²) in [6.45, 7) is 5.30. The molecule has 0 heterocycles. The van der Waals surface area contributed by atoms with Gasteiger partial charge in [-0.15, -0.1) is 0 Å². The molecule has 0 spiro atoms. The minimum Gasteiger partial charge on any atom is -0.493 e. The molecule has 2 aromatic carbocycles. The molecule has 0 fully saturated rings. The molecule has 0 unspecified atom stereocenters. The number of carbonyl (C=O) groups excluding carboxylic acids is 2. The lowest BCUT2D eigenvalue weighted by atomic mass is 10.2. The summed E-state index contributed by atoms with van der Waals surface area (Å²) < 4.78 is 15.9. The Kier molecular flexibility index (Phi) is 6.60. The molecular formula is C20H23NO5. The third-order valence-electron chi connectivity index (χ3n) is 3.52. The highest BCUT2D eigenvalue weighted by Gasteiger charge is 2.15. The molecule has 1 amide bonds. The van der Waals surface area contributed by atoms with Gasteiger partial charge in [-0.25, -0.2) is 4.79 Å². The van der Waals surface area contributed by atoms with Crippen molar-refractivity contribution in [1.82, 2.24) is 0 Å². The number of ether oxygens (including phenoxy) is 3. The molecule has 0 aliphatic rings. The van der Waals surface area contributed by atoms with Gasteiger partial charge in [0, 0.05) is 5.69 Å². The van der Waals surface area contributed by atoms with Crippen molar-refractivity contribution in [3.05, 3.63) is 53.6 Å². The standard InChI is InChI=1S/C20H23NO5/c1-13(2)26-17-10-9-15(11-18(17)24-4)20(23)25-12-19(22)21-16-8-6-5-7-14(16)3/h5-11,13H,12H2,1-4H3,(H,21,22). The molecule has 2 aromatic rings. The van der Waals surface area contributed by atoms with E-state index in [4.69, 9.17) is 14.2 Å². The monoisotopic (exact) mass is 357 g/mol. The Bertz CT molecular complexity index is 786. The number of carbonyl (C=O) groups is 2. The molecule has 0 saturated carbocycles. The zero-order valence-corrected chi connectivity index (χ0v) is 15.4. The predicted octanol–water partition coefficient (Wildman–Crippen LogP) is 3.59. The molecule has 0 atom stereocenters. The van der Waals surface area contributed by atoms with Crippen molar-refractivity contribution in [2.24, 2.45) is 0 Å². The molecular weight excluding hydrogens is 334 g/mol. The number of amides is 1. The highest BCUT2D eigenvalue weighted by molar-refractivity contribution is 5.96. The Morgan fingerprint density at radius 2 is 1.81 bits per heavy atom. The number of hydrogen-bond acceptors (Lipinski definition) is 5. The first kappa shape index (κ1) is 19.3. The van der Waals surface area contributed by atoms with Crippen LogP contribution in [0.15, 0.2) is 42.5 Å². The minimum absolute atomic E-state index is 0.0214. The van der Waals surface area contributed by atoms with Crippen molar-refractivity contribution < 1.29 is 23.8 Å². The van der Waals surface area contributed by atoms with E-state index in [1.54, 1.807) is 18.2 Å². The third kappa shape index (κ3) is 5.24. The fourth-order valence-electron chi connectivity index (χ4n) is 2.26. The summed E-state index contributed by atoms with van der Waals surface area (Å²) in [5, 5.41) is 2.71. The molecule has 1 N–H and O–H groups in total. The normalized spacial score (nSPS) is 10.3. The Hall–Kier alpha value is -3.02. The van der Waals surface area contributed by atoms with Gasteiger partial charge in [0.2, 0.25) is 0 Å². The molecule has 0 aliphatic heterocycles. The fraction of sp³-hybridized carbons (Fsp3) is 0.300. The van der Waals surface area contributed by atoms with Gasteiger partial charge in [-0.1, -0.05) is 18.2 Å². The second-order valence-electron chi connectivity index (χ2n) is 5.97. The second kappa shape index (κ2) is 8.89. The summed E-state index contributed by atoms with van der Waals surface area (Å²) in [7, 11) is 1.49. The van der Waals surface area contributed by atoms with E-state index in [9.17, 15) is 9.59 Å². The zero-order valence-electron chi connectivity index (χ0n) is 15.4. The summed E-state index contributed by atoms with van der Waals surface area (Å²) in [6, 6.07) is 12.1. The predicted molar refractivity (Wildman–Crippen MR) is 98.8 cm³/mol. The van der Waals surface area contributed by atoms with Gasteiger partial charge in [0.05, 0.1) is 18.8 Å². The van der Waals surface area contributed by atoms with E-state index in [1.807, 2.05) is 39.0 Å². The molecule has 26 heavy (non-hydrogen) atoms. The van der Waals surface area contributed by atoms with Gasteiger partial charge < -0.3 is 19.5 Å². The Balaban J connectivity index is 1.97. The first-order valence-electron chi connectivity index (χ1n) is 8.28. The van der Waals surface area contributed by atoms with Crippen LogP contribution in [0.5, 0.6) is 11.5 Å². The van der Waals surface area contributed by atoms with Crippen LogP contribution in [-0.2, 0) is 9.53 Å². The number of aryl methyl sites for hydroxylation is 1. The van der Waals surface area contributed by atoms with Gasteiger partial charge in [-0.2, -0.15) is 0 Å². The second-order valence-corrected chi connectivity index (χ2v) is 5.97. The highest BCUT2D eigenvalue weighted by Crippen LogP contribution is 2.29. The number of nitrogens with one attached hydrogen (secondary N) is 1. The Labute approximate surface area is 153 Å². The van der Waals surface area contributed by atoms with Crippen LogP contribution in [-0.4, -0.2) is 31.7 Å². The topological polar surface area (TPSA) is 73.9 Å². The van der Waals surface area contributed by atoms with E-state index in [2.05, 4.69) is 5.32 Å². The van der Waals surface area contributed by atoms with Crippen LogP contribution in [0.25, 0.3) is 0 Å². The summed E-state index contributed by atoms with van der Waals surface area (Å²) in [5.74, 6) is -0.0486. The van der Waals surface area contributed by atoms with E-state index < -0.39 is 11.9 Å². The van der Waals surface area contributed by atoms with E-state index in [-0.39, 0.29) is 18.3 Å². The van der Waals surface area contributed by atoms with Gasteiger partial charge in [0.25, 0.3) is 5.91 Å². The van der Waals surface area contributed by atoms with Crippen molar-refractivity contribution in [3.63, 3.8) is 0 Å². The van der Waals surface area contributed by atoms with Crippen LogP contribution in [0.1, 0.15) is 29.8 Å². The van der Waals surface area contributed by atoms with Crippen molar-refractivity contribution in [2.45, 2.75) is 26.9 Å². The van der Waals surface area contributed by atoms with E-state index in [0.717, 1.165) is 5.56 Å². The van der Waals surface area contributed by atoms with Gasteiger partial charge in [0.1, 0.15) is 0 Å². The largest absolute Gasteiger partial charge is 0.493 e. The summed E-state index contributed by atoms with van der Waals surface area (Å²) in [6.07, 6.45) is -0.0214. The first-order valence-corrected chi connectivity index (χ1v) is 8.28. The maximum Gasteiger partial charge on any atom is 0.338 e. The quantitative estimate of drug-likeness (QED) is 0.767. The smallest absolute Gasteiger partial charge is 0.338 e. The van der Waals surface area contributed by atoms with Crippen molar-refractivity contribution >= 4 is 17.6 Å². The third-order valence-corrected chi connectivity index (χ3v) is 3.52. The molecule has 0 saturated heterocycles. The Morgan fingerprint density at radius 1 is 1.08 bits per heavy atom. The lowest BCUT2D eigenvalue weighted by Crippen LogP contribution is -2.21. The van der Waals surface area contributed by atoms with Gasteiger partial charge in [-0.05, 0) is 50.6 Å². The molecule has 0 radical (unpaired) electrons. The SMILES string of the molecule is COc1cc(C(=O)OCC(=O)Nc2ccccc2C)ccc1OC(C)C. The number of anilines is 1. The summed E-state index contributed by atoms with van der Waals surface area (Å²) in [5.41, 5.74) is 1.89. The van der Waals surface area contributed by atoms with Gasteiger partial charge in [0.15, 0.2) is 18.1 Å². The average Bonchev–Trinajstić information content (AvgIpc) is 2.61. The van der Waals surface area contributed by atoms with Crippen LogP contribution in [0, 0.1) is 6.92 Å². The summed E-state index contributed by atoms with van der Waals surface area (Å²) in [4.78, 5) is 24.1. The van der Waals surface area contributed by atoms with E-state index in [0.29, 0.717) is 17.2 Å². The van der Waals surface area contributed by atoms with Gasteiger partial charge in [-0.3, -0.25) is 4.79 Å². The number of esters is 1. The van der Waals surface area contributed by atoms with E-state index >= 15 is 0 Å². The average molecular weight is 357 g/mol. The number of rotatable bonds is 7. The number of methoxy groups -OCH3 is 1. The molecule has 6 heteroatoms. The van der Waals surface area contributed by atoms with Crippen LogP contribution < -0.4 is 14.8 Å². The maximum absolute atomic E-state index is 12.2. The minimum atomic E-state index is -0.612. The molecule has 6 nitrogen and oxygen atoms in total. The highest BCUT2D eigenvalue weighted by atomic mass is 16.5. The molecule has 0 bridgehead atoms. The fourth-order valence-corrected chi connectivity index (χ4v) is 2.26. The molecule has 2 rings (SSSR count). The molecule has 0 aliphatic carbocycles. The molecule has 0 aromatic heterocycles.